The predicted octanol–water partition coefficient (Wildman–Crippen LogP) is 5.88. The highest BCUT2D eigenvalue weighted by Gasteiger charge is 2.51. The van der Waals surface area contributed by atoms with E-state index < -0.39 is 35.5 Å². The van der Waals surface area contributed by atoms with Crippen molar-refractivity contribution in [2.45, 2.75) is 32.1 Å². The summed E-state index contributed by atoms with van der Waals surface area (Å²) in [7, 11) is 1.56. The van der Waals surface area contributed by atoms with Crippen LogP contribution in [0.3, 0.4) is 0 Å². The van der Waals surface area contributed by atoms with Crippen molar-refractivity contribution in [3.8, 4) is 5.75 Å². The van der Waals surface area contributed by atoms with Crippen molar-refractivity contribution in [3.63, 3.8) is 0 Å². The zero-order valence-electron chi connectivity index (χ0n) is 24.2. The van der Waals surface area contributed by atoms with Crippen LogP contribution in [0.5, 0.6) is 5.75 Å². The van der Waals surface area contributed by atoms with Crippen LogP contribution in [0.1, 0.15) is 43.2 Å². The molecular weight excluding hydrogens is 568 g/mol. The minimum Gasteiger partial charge on any atom is -0.497 e. The van der Waals surface area contributed by atoms with Crippen molar-refractivity contribution in [3.05, 3.63) is 118 Å². The van der Waals surface area contributed by atoms with Gasteiger partial charge in [-0.25, -0.2) is 4.79 Å². The van der Waals surface area contributed by atoms with E-state index in [-0.39, 0.29) is 36.6 Å². The fourth-order valence-electron chi connectivity index (χ4n) is 6.02. The average molecular weight is 601 g/mol. The summed E-state index contributed by atoms with van der Waals surface area (Å²) in [5, 5.41) is 0.423. The van der Waals surface area contributed by atoms with Crippen LogP contribution in [0.4, 0.5) is 5.69 Å². The second kappa shape index (κ2) is 12.8. The summed E-state index contributed by atoms with van der Waals surface area (Å²) >= 11 is 6.42. The van der Waals surface area contributed by atoms with Crippen molar-refractivity contribution in [1.29, 1.82) is 0 Å². The normalized spacial score (nSPS) is 20.0. The van der Waals surface area contributed by atoms with Crippen LogP contribution in [0.2, 0.25) is 5.02 Å². The van der Waals surface area contributed by atoms with E-state index in [9.17, 15) is 14.4 Å². The SMILES string of the molecule is CCOC(=O)C1=C(N)N(c2ccccc2)C2=C(C(=O)[C@@H](C(=O)OCC)[C@@H](c3cccc(OC)c3)C2)[C@@H]1c1cccc(Cl)c1. The summed E-state index contributed by atoms with van der Waals surface area (Å²) in [5.74, 6) is -3.71. The molecular formula is C34H33ClN2O6. The van der Waals surface area contributed by atoms with E-state index in [0.717, 1.165) is 5.56 Å². The molecule has 1 aliphatic carbocycles. The van der Waals surface area contributed by atoms with Gasteiger partial charge in [-0.2, -0.15) is 0 Å². The quantitative estimate of drug-likeness (QED) is 0.252. The molecule has 9 heteroatoms. The Balaban J connectivity index is 1.82. The molecule has 0 saturated heterocycles. The molecule has 3 aromatic rings. The first-order chi connectivity index (χ1) is 20.8. The van der Waals surface area contributed by atoms with Gasteiger partial charge >= 0.3 is 11.9 Å². The number of rotatable bonds is 8. The van der Waals surface area contributed by atoms with E-state index in [0.29, 0.717) is 27.7 Å². The zero-order chi connectivity index (χ0) is 30.7. The first kappa shape index (κ1) is 29.9. The molecule has 222 valence electrons. The highest BCUT2D eigenvalue weighted by Crippen LogP contribution is 2.52. The molecule has 0 aromatic heterocycles. The molecule has 0 bridgehead atoms. The Bertz CT molecular complexity index is 1620. The molecule has 0 unspecified atom stereocenters. The van der Waals surface area contributed by atoms with Gasteiger partial charge < -0.3 is 19.9 Å². The summed E-state index contributed by atoms with van der Waals surface area (Å²) in [6.07, 6.45) is 0.250. The van der Waals surface area contributed by atoms with Gasteiger partial charge in [-0.05, 0) is 67.8 Å². The highest BCUT2D eigenvalue weighted by atomic mass is 35.5. The van der Waals surface area contributed by atoms with Crippen LogP contribution in [-0.2, 0) is 23.9 Å². The van der Waals surface area contributed by atoms with Gasteiger partial charge in [0.2, 0.25) is 0 Å². The number of esters is 2. The summed E-state index contributed by atoms with van der Waals surface area (Å²) in [6.45, 7) is 3.61. The third-order valence-corrected chi connectivity index (χ3v) is 8.03. The number of halogens is 1. The molecule has 8 nitrogen and oxygen atoms in total. The molecule has 5 rings (SSSR count). The molecule has 0 spiro atoms. The molecule has 0 fully saturated rings. The standard InChI is InChI=1S/C34H33ClN2O6/c1-4-42-33(39)28-25(20-11-10-16-24(18-20)41-3)19-26-29(31(28)38)27(21-12-9-13-22(35)17-21)30(34(40)43-5-2)32(36)37(26)23-14-7-6-8-15-23/h6-18,25,27-28H,4-5,19,36H2,1-3H3/t25-,27+,28+/m1/s1. The number of hydrogen-bond acceptors (Lipinski definition) is 8. The molecule has 3 atom stereocenters. The van der Waals surface area contributed by atoms with Crippen LogP contribution in [0.15, 0.2) is 102 Å². The number of benzene rings is 3. The monoisotopic (exact) mass is 600 g/mol. The van der Waals surface area contributed by atoms with E-state index in [1.54, 1.807) is 56.2 Å². The molecule has 43 heavy (non-hydrogen) atoms. The molecule has 2 N–H and O–H groups in total. The summed E-state index contributed by atoms with van der Waals surface area (Å²) in [6, 6.07) is 23.5. The Morgan fingerprint density at radius 2 is 1.63 bits per heavy atom. The number of allylic oxidation sites excluding steroid dienone is 2. The van der Waals surface area contributed by atoms with Crippen LogP contribution in [0, 0.1) is 5.92 Å². The molecule has 3 aromatic carbocycles. The highest BCUT2D eigenvalue weighted by molar-refractivity contribution is 6.30. The maximum Gasteiger partial charge on any atom is 0.338 e. The lowest BCUT2D eigenvalue weighted by molar-refractivity contribution is -0.152. The first-order valence-corrected chi connectivity index (χ1v) is 14.5. The number of ketones is 1. The molecule has 0 radical (unpaired) electrons. The lowest BCUT2D eigenvalue weighted by Crippen LogP contribution is -2.46. The Kier molecular flexibility index (Phi) is 8.87. The van der Waals surface area contributed by atoms with Gasteiger partial charge in [-0.1, -0.05) is 54.1 Å². The Labute approximate surface area is 255 Å². The third-order valence-electron chi connectivity index (χ3n) is 7.79. The second-order valence-corrected chi connectivity index (χ2v) is 10.7. The fourth-order valence-corrected chi connectivity index (χ4v) is 6.21. The number of nitrogens with zero attached hydrogens (tertiary/aromatic N) is 1. The fraction of sp³-hybridized carbons (Fsp3) is 0.265. The summed E-state index contributed by atoms with van der Waals surface area (Å²) in [5.41, 5.74) is 9.83. The Morgan fingerprint density at radius 3 is 2.30 bits per heavy atom. The number of hydrogen-bond donors (Lipinski definition) is 1. The Morgan fingerprint density at radius 1 is 0.930 bits per heavy atom. The van der Waals surface area contributed by atoms with Gasteiger partial charge in [-0.3, -0.25) is 14.5 Å². The van der Waals surface area contributed by atoms with E-state index in [4.69, 9.17) is 31.5 Å². The average Bonchev–Trinajstić information content (AvgIpc) is 3.01. The van der Waals surface area contributed by atoms with Crippen molar-refractivity contribution >= 4 is 35.0 Å². The number of methoxy groups -OCH3 is 1. The number of para-hydroxylation sites is 1. The number of nitrogens with two attached hydrogens (primary N) is 1. The number of anilines is 1. The lowest BCUT2D eigenvalue weighted by atomic mass is 9.67. The van der Waals surface area contributed by atoms with Crippen molar-refractivity contribution in [2.75, 3.05) is 25.2 Å². The zero-order valence-corrected chi connectivity index (χ0v) is 25.0. The van der Waals surface area contributed by atoms with Crippen LogP contribution < -0.4 is 15.4 Å². The van der Waals surface area contributed by atoms with Gasteiger partial charge in [0, 0.05) is 27.9 Å². The van der Waals surface area contributed by atoms with E-state index in [1.807, 2.05) is 48.5 Å². The topological polar surface area (TPSA) is 108 Å². The number of Topliss-reactive ketones (excluding diaryl/α,β-unsaturated/α-hetero) is 1. The van der Waals surface area contributed by atoms with Crippen LogP contribution in [-0.4, -0.2) is 38.0 Å². The molecule has 1 aliphatic heterocycles. The summed E-state index contributed by atoms with van der Waals surface area (Å²) in [4.78, 5) is 43.8. The number of ether oxygens (including phenoxy) is 3. The minimum atomic E-state index is -1.17. The molecule has 0 amide bonds. The molecule has 1 heterocycles. The van der Waals surface area contributed by atoms with E-state index in [2.05, 4.69) is 0 Å². The van der Waals surface area contributed by atoms with Gasteiger partial charge in [0.15, 0.2) is 5.78 Å². The maximum absolute atomic E-state index is 14.8. The third kappa shape index (κ3) is 5.62. The van der Waals surface area contributed by atoms with E-state index >= 15 is 0 Å². The van der Waals surface area contributed by atoms with Gasteiger partial charge in [0.05, 0.1) is 31.8 Å². The number of carbonyl (C=O) groups excluding carboxylic acids is 3. The van der Waals surface area contributed by atoms with Gasteiger partial charge in [0.1, 0.15) is 17.5 Å². The van der Waals surface area contributed by atoms with Gasteiger partial charge in [-0.15, -0.1) is 0 Å². The Hall–Kier alpha value is -4.56. The van der Waals surface area contributed by atoms with Crippen LogP contribution in [0.25, 0.3) is 0 Å². The number of carbonyl (C=O) groups is 3. The van der Waals surface area contributed by atoms with Crippen molar-refractivity contribution in [2.24, 2.45) is 11.7 Å². The smallest absolute Gasteiger partial charge is 0.338 e. The lowest BCUT2D eigenvalue weighted by Gasteiger charge is -2.44. The van der Waals surface area contributed by atoms with Crippen LogP contribution >= 0.6 is 11.6 Å². The van der Waals surface area contributed by atoms with Gasteiger partial charge in [0.25, 0.3) is 0 Å². The van der Waals surface area contributed by atoms with E-state index in [1.165, 1.54) is 0 Å². The maximum atomic E-state index is 14.8. The molecule has 0 saturated carbocycles. The minimum absolute atomic E-state index is 0.0995. The predicted molar refractivity (Wildman–Crippen MR) is 163 cm³/mol. The van der Waals surface area contributed by atoms with Crippen molar-refractivity contribution < 1.29 is 28.6 Å². The van der Waals surface area contributed by atoms with Crippen molar-refractivity contribution in [1.82, 2.24) is 0 Å². The molecule has 2 aliphatic rings. The largest absolute Gasteiger partial charge is 0.497 e. The summed E-state index contributed by atoms with van der Waals surface area (Å²) < 4.78 is 16.4. The first-order valence-electron chi connectivity index (χ1n) is 14.2. The second-order valence-electron chi connectivity index (χ2n) is 10.2.